The van der Waals surface area contributed by atoms with Gasteiger partial charge in [0.15, 0.2) is 5.78 Å². The number of dihydropyridines is 1. The number of allylic oxidation sites excluding steroid dienone is 3. The van der Waals surface area contributed by atoms with Crippen molar-refractivity contribution in [3.63, 3.8) is 0 Å². The summed E-state index contributed by atoms with van der Waals surface area (Å²) in [6.45, 7) is 4.30. The fourth-order valence-electron chi connectivity index (χ4n) is 4.13. The molecule has 1 aliphatic carbocycles. The van der Waals surface area contributed by atoms with E-state index in [2.05, 4.69) is 25.2 Å². The van der Waals surface area contributed by atoms with Gasteiger partial charge in [0.25, 0.3) is 0 Å². The average molecular weight is 394 g/mol. The Kier molecular flexibility index (Phi) is 4.80. The lowest BCUT2D eigenvalue weighted by Gasteiger charge is -2.38. The van der Waals surface area contributed by atoms with Crippen LogP contribution in [-0.2, 0) is 4.79 Å². The minimum absolute atomic E-state index is 0.0458. The molecule has 2 aromatic carbocycles. The maximum atomic E-state index is 13.1. The number of carbonyl (C=O) groups excluding carboxylic acids is 1. The molecule has 4 rings (SSSR count). The van der Waals surface area contributed by atoms with Crippen molar-refractivity contribution in [1.29, 1.82) is 0 Å². The van der Waals surface area contributed by atoms with Crippen LogP contribution in [0, 0.1) is 5.41 Å². The molecule has 1 unspecified atom stereocenters. The molecule has 0 amide bonds. The molecule has 144 valence electrons. The molecular formula is C24H24ClNO2. The van der Waals surface area contributed by atoms with E-state index in [1.165, 1.54) is 0 Å². The normalized spacial score (nSPS) is 20.9. The molecule has 0 aromatic heterocycles. The first-order valence-electron chi connectivity index (χ1n) is 9.51. The average Bonchev–Trinajstić information content (AvgIpc) is 2.66. The van der Waals surface area contributed by atoms with E-state index in [1.807, 2.05) is 48.5 Å². The SMILES string of the molecule is COc1ccc(C2=CC(c3ccc(Cl)cc3)C3=C(CC(C)(C)CC3=O)N2)cc1. The van der Waals surface area contributed by atoms with Crippen LogP contribution in [0.5, 0.6) is 5.75 Å². The first-order chi connectivity index (χ1) is 13.4. The molecule has 1 N–H and O–H groups in total. The predicted molar refractivity (Wildman–Crippen MR) is 113 cm³/mol. The Morgan fingerprint density at radius 2 is 1.71 bits per heavy atom. The quantitative estimate of drug-likeness (QED) is 0.724. The van der Waals surface area contributed by atoms with Crippen LogP contribution in [0.2, 0.25) is 5.02 Å². The molecule has 2 aromatic rings. The Hall–Kier alpha value is -2.52. The molecule has 0 fully saturated rings. The van der Waals surface area contributed by atoms with Crippen molar-refractivity contribution >= 4 is 23.1 Å². The molecule has 3 nitrogen and oxygen atoms in total. The highest BCUT2D eigenvalue weighted by molar-refractivity contribution is 6.30. The summed E-state index contributed by atoms with van der Waals surface area (Å²) in [5, 5.41) is 4.26. The molecule has 0 saturated heterocycles. The Labute approximate surface area is 171 Å². The van der Waals surface area contributed by atoms with Gasteiger partial charge in [-0.05, 0) is 65.4 Å². The highest BCUT2D eigenvalue weighted by Crippen LogP contribution is 2.45. The van der Waals surface area contributed by atoms with Crippen molar-refractivity contribution in [1.82, 2.24) is 5.32 Å². The first-order valence-corrected chi connectivity index (χ1v) is 9.89. The number of benzene rings is 2. The molecule has 1 heterocycles. The maximum absolute atomic E-state index is 13.1. The third-order valence-electron chi connectivity index (χ3n) is 5.48. The topological polar surface area (TPSA) is 38.3 Å². The number of nitrogens with one attached hydrogen (secondary N) is 1. The van der Waals surface area contributed by atoms with Crippen LogP contribution in [0.3, 0.4) is 0 Å². The molecule has 1 atom stereocenters. The molecular weight excluding hydrogens is 370 g/mol. The zero-order chi connectivity index (χ0) is 19.9. The summed E-state index contributed by atoms with van der Waals surface area (Å²) in [4.78, 5) is 13.1. The number of Topliss-reactive ketones (excluding diaryl/α,β-unsaturated/α-hetero) is 1. The van der Waals surface area contributed by atoms with E-state index in [0.29, 0.717) is 11.4 Å². The standard InChI is InChI=1S/C24H24ClNO2/c1-24(2)13-21-23(22(27)14-24)19(15-4-8-17(25)9-5-15)12-20(26-21)16-6-10-18(28-3)11-7-16/h4-12,19,26H,13-14H2,1-3H3. The summed E-state index contributed by atoms with van der Waals surface area (Å²) in [5.74, 6) is 0.973. The van der Waals surface area contributed by atoms with Crippen LogP contribution in [0.4, 0.5) is 0 Å². The molecule has 0 bridgehead atoms. The molecule has 1 aliphatic heterocycles. The highest BCUT2D eigenvalue weighted by Gasteiger charge is 2.38. The van der Waals surface area contributed by atoms with Gasteiger partial charge in [0, 0.05) is 34.3 Å². The third-order valence-corrected chi connectivity index (χ3v) is 5.73. The Bertz CT molecular complexity index is 969. The van der Waals surface area contributed by atoms with Crippen LogP contribution < -0.4 is 10.1 Å². The van der Waals surface area contributed by atoms with Crippen molar-refractivity contribution in [3.05, 3.63) is 82.0 Å². The molecule has 0 spiro atoms. The lowest BCUT2D eigenvalue weighted by Crippen LogP contribution is -2.35. The number of hydrogen-bond donors (Lipinski definition) is 1. The fraction of sp³-hybridized carbons (Fsp3) is 0.292. The summed E-state index contributed by atoms with van der Waals surface area (Å²) >= 11 is 6.09. The summed E-state index contributed by atoms with van der Waals surface area (Å²) in [6.07, 6.45) is 3.58. The lowest BCUT2D eigenvalue weighted by molar-refractivity contribution is -0.118. The van der Waals surface area contributed by atoms with E-state index in [4.69, 9.17) is 16.3 Å². The second-order valence-corrected chi connectivity index (χ2v) is 8.73. The predicted octanol–water partition coefficient (Wildman–Crippen LogP) is 5.72. The number of rotatable bonds is 3. The third kappa shape index (κ3) is 3.59. The number of halogens is 1. The van der Waals surface area contributed by atoms with E-state index in [0.717, 1.165) is 40.3 Å². The number of hydrogen-bond acceptors (Lipinski definition) is 3. The van der Waals surface area contributed by atoms with Crippen LogP contribution in [0.15, 0.2) is 65.9 Å². The summed E-state index contributed by atoms with van der Waals surface area (Å²) in [7, 11) is 1.66. The van der Waals surface area contributed by atoms with Gasteiger partial charge < -0.3 is 10.1 Å². The Morgan fingerprint density at radius 1 is 1.04 bits per heavy atom. The van der Waals surface area contributed by atoms with Crippen LogP contribution in [0.25, 0.3) is 5.70 Å². The second kappa shape index (κ2) is 7.14. The van der Waals surface area contributed by atoms with E-state index >= 15 is 0 Å². The van der Waals surface area contributed by atoms with Gasteiger partial charge in [0.1, 0.15) is 5.75 Å². The van der Waals surface area contributed by atoms with Crippen molar-refractivity contribution in [2.75, 3.05) is 7.11 Å². The number of carbonyl (C=O) groups is 1. The zero-order valence-corrected chi connectivity index (χ0v) is 17.1. The zero-order valence-electron chi connectivity index (χ0n) is 16.4. The molecule has 0 radical (unpaired) electrons. The van der Waals surface area contributed by atoms with Crippen molar-refractivity contribution in [3.8, 4) is 5.75 Å². The Morgan fingerprint density at radius 3 is 2.36 bits per heavy atom. The van der Waals surface area contributed by atoms with Crippen LogP contribution in [-0.4, -0.2) is 12.9 Å². The van der Waals surface area contributed by atoms with Crippen molar-refractivity contribution in [2.45, 2.75) is 32.6 Å². The van der Waals surface area contributed by atoms with Gasteiger partial charge in [-0.3, -0.25) is 4.79 Å². The molecule has 4 heteroatoms. The number of ether oxygens (including phenoxy) is 1. The van der Waals surface area contributed by atoms with E-state index < -0.39 is 0 Å². The largest absolute Gasteiger partial charge is 0.497 e. The first kappa shape index (κ1) is 18.8. The van der Waals surface area contributed by atoms with Gasteiger partial charge >= 0.3 is 0 Å². The Balaban J connectivity index is 1.80. The van der Waals surface area contributed by atoms with Gasteiger partial charge in [0.05, 0.1) is 7.11 Å². The maximum Gasteiger partial charge on any atom is 0.162 e. The van der Waals surface area contributed by atoms with Crippen molar-refractivity contribution in [2.24, 2.45) is 5.41 Å². The van der Waals surface area contributed by atoms with E-state index in [-0.39, 0.29) is 17.1 Å². The van der Waals surface area contributed by atoms with Gasteiger partial charge in [-0.15, -0.1) is 0 Å². The summed E-state index contributed by atoms with van der Waals surface area (Å²) in [6, 6.07) is 15.8. The lowest BCUT2D eigenvalue weighted by atomic mass is 9.70. The summed E-state index contributed by atoms with van der Waals surface area (Å²) < 4.78 is 5.28. The highest BCUT2D eigenvalue weighted by atomic mass is 35.5. The van der Waals surface area contributed by atoms with E-state index in [1.54, 1.807) is 7.11 Å². The number of methoxy groups -OCH3 is 1. The van der Waals surface area contributed by atoms with E-state index in [9.17, 15) is 4.79 Å². The van der Waals surface area contributed by atoms with Crippen LogP contribution >= 0.6 is 11.6 Å². The molecule has 0 saturated carbocycles. The smallest absolute Gasteiger partial charge is 0.162 e. The minimum Gasteiger partial charge on any atom is -0.497 e. The van der Waals surface area contributed by atoms with Gasteiger partial charge in [0.2, 0.25) is 0 Å². The van der Waals surface area contributed by atoms with Crippen molar-refractivity contribution < 1.29 is 9.53 Å². The fourth-order valence-corrected chi connectivity index (χ4v) is 4.26. The summed E-state index contributed by atoms with van der Waals surface area (Å²) in [5.41, 5.74) is 5.05. The van der Waals surface area contributed by atoms with Gasteiger partial charge in [-0.25, -0.2) is 0 Å². The van der Waals surface area contributed by atoms with Crippen LogP contribution in [0.1, 0.15) is 43.7 Å². The molecule has 2 aliphatic rings. The molecule has 28 heavy (non-hydrogen) atoms. The second-order valence-electron chi connectivity index (χ2n) is 8.30. The number of ketones is 1. The monoisotopic (exact) mass is 393 g/mol. The minimum atomic E-state index is -0.0748. The van der Waals surface area contributed by atoms with Gasteiger partial charge in [-0.2, -0.15) is 0 Å². The van der Waals surface area contributed by atoms with Gasteiger partial charge in [-0.1, -0.05) is 37.6 Å².